The summed E-state index contributed by atoms with van der Waals surface area (Å²) in [6.45, 7) is 7.06. The normalized spacial score (nSPS) is 14.0. The number of hydrogen-bond donors (Lipinski definition) is 8. The molecule has 1 aromatic carbocycles. The Balaban J connectivity index is 3.01. The quantitative estimate of drug-likeness (QED) is 0.0256. The van der Waals surface area contributed by atoms with Crippen molar-refractivity contribution in [3.05, 3.63) is 39.9 Å². The van der Waals surface area contributed by atoms with Crippen molar-refractivity contribution >= 4 is 41.2 Å². The lowest BCUT2D eigenvalue weighted by Gasteiger charge is -2.27. The second kappa shape index (κ2) is 20.4. The van der Waals surface area contributed by atoms with Gasteiger partial charge in [-0.2, -0.15) is 0 Å². The second-order valence-corrected chi connectivity index (χ2v) is 12.2. The van der Waals surface area contributed by atoms with Gasteiger partial charge < -0.3 is 48.5 Å². The van der Waals surface area contributed by atoms with Gasteiger partial charge in [0.2, 0.25) is 29.5 Å². The van der Waals surface area contributed by atoms with Crippen LogP contribution in [0.1, 0.15) is 58.9 Å². The zero-order valence-electron chi connectivity index (χ0n) is 28.1. The van der Waals surface area contributed by atoms with Gasteiger partial charge >= 0.3 is 0 Å². The predicted octanol–water partition coefficient (Wildman–Crippen LogP) is -1.58. The Morgan fingerprint density at radius 1 is 0.917 bits per heavy atom. The van der Waals surface area contributed by atoms with E-state index in [2.05, 4.69) is 26.4 Å². The highest BCUT2D eigenvalue weighted by Gasteiger charge is 2.28. The number of guanidine groups is 1. The van der Waals surface area contributed by atoms with Crippen molar-refractivity contribution < 1.29 is 34.1 Å². The fraction of sp³-hybridized carbons (Fsp3) is 0.600. The van der Waals surface area contributed by atoms with Gasteiger partial charge in [-0.05, 0) is 55.2 Å². The fourth-order valence-corrected chi connectivity index (χ4v) is 4.59. The minimum absolute atomic E-state index is 0.0469. The summed E-state index contributed by atoms with van der Waals surface area (Å²) < 4.78 is 0. The molecule has 1 aromatic rings. The average molecular weight is 679 g/mol. The van der Waals surface area contributed by atoms with E-state index in [1.165, 1.54) is 4.90 Å². The molecule has 0 aliphatic carbocycles. The van der Waals surface area contributed by atoms with Gasteiger partial charge in [0.1, 0.15) is 29.3 Å². The van der Waals surface area contributed by atoms with Crippen LogP contribution in [0.15, 0.2) is 29.4 Å². The molecule has 5 amide bonds. The molecule has 0 fully saturated rings. The average Bonchev–Trinajstić information content (AvgIpc) is 3.00. The number of carbonyl (C=O) groups is 5. The van der Waals surface area contributed by atoms with Gasteiger partial charge in [0.05, 0.1) is 13.0 Å². The fourth-order valence-electron chi connectivity index (χ4n) is 4.59. The highest BCUT2D eigenvalue weighted by molar-refractivity contribution is 5.99. The molecule has 0 spiro atoms. The first kappa shape index (κ1) is 41.2. The number of nitrogens with zero attached hydrogens (tertiary/aromatic N) is 3. The maximum atomic E-state index is 13.3. The Morgan fingerprint density at radius 2 is 1.48 bits per heavy atom. The number of hydrazone groups is 1. The third kappa shape index (κ3) is 15.2. The monoisotopic (exact) mass is 678 g/mol. The molecule has 0 aromatic heterocycles. The zero-order chi connectivity index (χ0) is 36.6. The number of nitro groups is 1. The van der Waals surface area contributed by atoms with Crippen LogP contribution in [0.2, 0.25) is 0 Å². The second-order valence-electron chi connectivity index (χ2n) is 12.2. The van der Waals surface area contributed by atoms with Crippen LogP contribution in [0.4, 0.5) is 5.69 Å². The lowest BCUT2D eigenvalue weighted by molar-refractivity contribution is -0.485. The van der Waals surface area contributed by atoms with Crippen LogP contribution in [-0.2, 0) is 30.4 Å². The van der Waals surface area contributed by atoms with Gasteiger partial charge in [0, 0.05) is 19.3 Å². The summed E-state index contributed by atoms with van der Waals surface area (Å²) in [6, 6.07) is 2.47. The van der Waals surface area contributed by atoms with Crippen LogP contribution in [0.5, 0.6) is 0 Å². The number of nitrogens with one attached hydrogen (secondary N) is 4. The molecule has 18 nitrogen and oxygen atoms in total. The highest BCUT2D eigenvalue weighted by Crippen LogP contribution is 2.18. The molecule has 1 rings (SSSR count). The lowest BCUT2D eigenvalue weighted by Crippen LogP contribution is -2.53. The number of likely N-dealkylation sites (N-methyl/N-ethyl adjacent to an activating group) is 1. The number of amides is 5. The van der Waals surface area contributed by atoms with Gasteiger partial charge in [0.25, 0.3) is 5.96 Å². The lowest BCUT2D eigenvalue weighted by atomic mass is 10.0. The summed E-state index contributed by atoms with van der Waals surface area (Å²) >= 11 is 0. The maximum Gasteiger partial charge on any atom is 0.266 e. The topological polar surface area (TPSA) is 290 Å². The minimum atomic E-state index is -1.16. The van der Waals surface area contributed by atoms with Crippen molar-refractivity contribution in [3.8, 4) is 0 Å². The molecule has 0 unspecified atom stereocenters. The number of aliphatic hydroxyl groups is 1. The zero-order valence-corrected chi connectivity index (χ0v) is 28.1. The summed E-state index contributed by atoms with van der Waals surface area (Å²) in [5.41, 5.74) is 17.6. The summed E-state index contributed by atoms with van der Waals surface area (Å²) in [5.74, 6) is -3.20. The SMILES string of the molecule is CC(C)C[C@H](NC(=O)[C@H](CCCN/C(N)=N/[N+](=O)[O-])NC(=O)Cc1ccc(N(C)C(=O)[C@H](CC(C)C)NC(=O)[C@@H](N)CO)cc1)C(N)=O. The molecular formula is C30H50N10O8. The van der Waals surface area contributed by atoms with Crippen molar-refractivity contribution in [2.24, 2.45) is 34.1 Å². The Morgan fingerprint density at radius 3 is 2.00 bits per heavy atom. The molecule has 11 N–H and O–H groups in total. The number of primary amides is 1. The number of hydrogen-bond acceptors (Lipinski definition) is 9. The van der Waals surface area contributed by atoms with Crippen molar-refractivity contribution in [1.29, 1.82) is 0 Å². The van der Waals surface area contributed by atoms with Gasteiger partial charge in [0.15, 0.2) is 5.03 Å². The largest absolute Gasteiger partial charge is 0.394 e. The number of anilines is 1. The number of aliphatic hydroxyl groups excluding tert-OH is 1. The Labute approximate surface area is 279 Å². The van der Waals surface area contributed by atoms with Gasteiger partial charge in [-0.3, -0.25) is 24.0 Å². The molecule has 0 radical (unpaired) electrons. The summed E-state index contributed by atoms with van der Waals surface area (Å²) in [4.78, 5) is 75.5. The van der Waals surface area contributed by atoms with E-state index < -0.39 is 71.3 Å². The third-order valence-corrected chi connectivity index (χ3v) is 7.06. The number of rotatable bonds is 20. The van der Waals surface area contributed by atoms with Crippen molar-refractivity contribution in [1.82, 2.24) is 21.3 Å². The molecule has 0 aliphatic heterocycles. The predicted molar refractivity (Wildman–Crippen MR) is 178 cm³/mol. The first-order valence-corrected chi connectivity index (χ1v) is 15.6. The van der Waals surface area contributed by atoms with Crippen LogP contribution in [0.3, 0.4) is 0 Å². The van der Waals surface area contributed by atoms with E-state index in [4.69, 9.17) is 17.2 Å². The molecule has 0 saturated carbocycles. The molecule has 0 saturated heterocycles. The van der Waals surface area contributed by atoms with Crippen LogP contribution in [0.25, 0.3) is 0 Å². The Hall–Kier alpha value is -4.84. The van der Waals surface area contributed by atoms with Gasteiger partial charge in [-0.15, -0.1) is 0 Å². The molecule has 268 valence electrons. The Bertz CT molecular complexity index is 1290. The van der Waals surface area contributed by atoms with E-state index in [-0.39, 0.29) is 37.6 Å². The maximum absolute atomic E-state index is 13.3. The van der Waals surface area contributed by atoms with E-state index in [0.717, 1.165) is 0 Å². The van der Waals surface area contributed by atoms with E-state index in [1.807, 2.05) is 27.7 Å². The third-order valence-electron chi connectivity index (χ3n) is 7.06. The van der Waals surface area contributed by atoms with Crippen LogP contribution < -0.4 is 43.4 Å². The molecule has 48 heavy (non-hydrogen) atoms. The molecule has 0 bridgehead atoms. The minimum Gasteiger partial charge on any atom is -0.394 e. The first-order chi connectivity index (χ1) is 22.4. The molecule has 18 heteroatoms. The molecular weight excluding hydrogens is 628 g/mol. The highest BCUT2D eigenvalue weighted by atomic mass is 16.7. The van der Waals surface area contributed by atoms with E-state index in [1.54, 1.807) is 31.3 Å². The molecule has 0 aliphatic rings. The smallest absolute Gasteiger partial charge is 0.266 e. The van der Waals surface area contributed by atoms with E-state index >= 15 is 0 Å². The summed E-state index contributed by atoms with van der Waals surface area (Å²) in [5, 5.41) is 32.0. The first-order valence-electron chi connectivity index (χ1n) is 15.6. The van der Waals surface area contributed by atoms with Gasteiger partial charge in [-0.1, -0.05) is 39.8 Å². The number of carbonyl (C=O) groups excluding carboxylic acids is 5. The van der Waals surface area contributed by atoms with Crippen molar-refractivity contribution in [2.75, 3.05) is 25.1 Å². The van der Waals surface area contributed by atoms with Crippen LogP contribution in [-0.4, -0.2) is 90.0 Å². The standard InChI is InChI=1S/C30H50N10O8/c1-17(2)13-23(26(32)43)36-28(45)22(7-6-12-34-30(33)38-40(47)48)35-25(42)15-19-8-10-20(11-9-19)39(5)29(46)24(14-18(3)4)37-27(44)21(31)16-41/h8-11,17-18,21-24,41H,6-7,12-16,31H2,1-5H3,(H2,32,43)(H,35,42)(H,36,45)(H,37,44)(H3,33,34,38)/t21-,22-,23-,24-/m0/s1. The van der Waals surface area contributed by atoms with Crippen LogP contribution >= 0.6 is 0 Å². The van der Waals surface area contributed by atoms with Crippen molar-refractivity contribution in [2.45, 2.75) is 84.0 Å². The number of nitrogens with two attached hydrogens (primary N) is 3. The summed E-state index contributed by atoms with van der Waals surface area (Å²) in [6.07, 6.45) is 0.844. The summed E-state index contributed by atoms with van der Waals surface area (Å²) in [7, 11) is 1.54. The number of benzene rings is 1. The van der Waals surface area contributed by atoms with E-state index in [0.29, 0.717) is 24.1 Å². The Kier molecular flexibility index (Phi) is 17.5. The molecule has 4 atom stereocenters. The van der Waals surface area contributed by atoms with Gasteiger partial charge in [-0.25, -0.2) is 10.1 Å². The van der Waals surface area contributed by atoms with Crippen molar-refractivity contribution in [3.63, 3.8) is 0 Å². The van der Waals surface area contributed by atoms with Crippen LogP contribution in [0, 0.1) is 22.0 Å². The van der Waals surface area contributed by atoms with E-state index in [9.17, 15) is 39.2 Å². The molecule has 0 heterocycles.